The van der Waals surface area contributed by atoms with Gasteiger partial charge in [0.1, 0.15) is 5.69 Å². The smallest absolute Gasteiger partial charge is 0.272 e. The van der Waals surface area contributed by atoms with Gasteiger partial charge in [-0.25, -0.2) is 0 Å². The molecule has 0 aliphatic heterocycles. The summed E-state index contributed by atoms with van der Waals surface area (Å²) < 4.78 is 1.79. The zero-order valence-electron chi connectivity index (χ0n) is 14.5. The normalized spacial score (nSPS) is 11.0. The van der Waals surface area contributed by atoms with Gasteiger partial charge in [-0.3, -0.25) is 4.79 Å². The van der Waals surface area contributed by atoms with E-state index in [1.54, 1.807) is 10.6 Å². The highest BCUT2D eigenvalue weighted by Gasteiger charge is 2.10. The minimum atomic E-state index is -0.134. The molecule has 0 saturated carbocycles. The van der Waals surface area contributed by atoms with Crippen molar-refractivity contribution in [2.24, 2.45) is 17.3 Å². The lowest BCUT2D eigenvalue weighted by Gasteiger charge is -2.09. The number of amides is 1. The van der Waals surface area contributed by atoms with E-state index >= 15 is 0 Å². The molecule has 5 heteroatoms. The number of nitrogens with zero attached hydrogens (tertiary/aromatic N) is 3. The van der Waals surface area contributed by atoms with E-state index in [0.29, 0.717) is 5.69 Å². The summed E-state index contributed by atoms with van der Waals surface area (Å²) in [4.78, 5) is 12.3. The largest absolute Gasteiger partial charge is 0.347 e. The van der Waals surface area contributed by atoms with Crippen molar-refractivity contribution in [3.8, 4) is 0 Å². The van der Waals surface area contributed by atoms with Crippen LogP contribution in [0.3, 0.4) is 0 Å². The first-order valence-electron chi connectivity index (χ1n) is 8.05. The number of carbonyl (C=O) groups is 1. The molecule has 0 bridgehead atoms. The van der Waals surface area contributed by atoms with Gasteiger partial charge in [-0.1, -0.05) is 18.2 Å². The van der Waals surface area contributed by atoms with Crippen molar-refractivity contribution in [3.63, 3.8) is 0 Å². The third kappa shape index (κ3) is 3.83. The molecule has 0 unspecified atom stereocenters. The molecule has 0 saturated heterocycles. The van der Waals surface area contributed by atoms with Crippen LogP contribution in [0.15, 0.2) is 71.0 Å². The van der Waals surface area contributed by atoms with E-state index in [1.165, 1.54) is 0 Å². The van der Waals surface area contributed by atoms with Gasteiger partial charge in [0.2, 0.25) is 0 Å². The maximum atomic E-state index is 12.3. The van der Waals surface area contributed by atoms with Crippen LogP contribution in [0.5, 0.6) is 0 Å². The highest BCUT2D eigenvalue weighted by atomic mass is 16.1. The molecule has 5 nitrogen and oxygen atoms in total. The molecule has 0 radical (unpaired) electrons. The topological polar surface area (TPSA) is 58.8 Å². The second-order valence-corrected chi connectivity index (χ2v) is 5.94. The number of anilines is 1. The van der Waals surface area contributed by atoms with Crippen molar-refractivity contribution >= 4 is 23.0 Å². The zero-order valence-corrected chi connectivity index (χ0v) is 14.5. The van der Waals surface area contributed by atoms with Crippen molar-refractivity contribution in [3.05, 3.63) is 77.6 Å². The van der Waals surface area contributed by atoms with Crippen LogP contribution < -0.4 is 5.32 Å². The van der Waals surface area contributed by atoms with Gasteiger partial charge in [0, 0.05) is 18.9 Å². The Labute approximate surface area is 147 Å². The summed E-state index contributed by atoms with van der Waals surface area (Å²) in [5, 5.41) is 11.5. The first-order chi connectivity index (χ1) is 12.0. The summed E-state index contributed by atoms with van der Waals surface area (Å²) in [6, 6.07) is 17.1. The second-order valence-electron chi connectivity index (χ2n) is 5.94. The van der Waals surface area contributed by atoms with Gasteiger partial charge in [0.05, 0.1) is 11.4 Å². The lowest BCUT2D eigenvalue weighted by atomic mass is 10.1. The average Bonchev–Trinajstić information content (AvgIpc) is 3.02. The molecule has 3 rings (SSSR count). The van der Waals surface area contributed by atoms with Gasteiger partial charge >= 0.3 is 0 Å². The van der Waals surface area contributed by atoms with Gasteiger partial charge in [0.25, 0.3) is 5.91 Å². The average molecular weight is 332 g/mol. The van der Waals surface area contributed by atoms with Crippen LogP contribution in [0.1, 0.15) is 21.6 Å². The molecular weight excluding hydrogens is 312 g/mol. The van der Waals surface area contributed by atoms with Gasteiger partial charge < -0.3 is 9.88 Å². The Bertz CT molecular complexity index is 940. The van der Waals surface area contributed by atoms with E-state index in [4.69, 9.17) is 0 Å². The van der Waals surface area contributed by atoms with E-state index in [0.717, 1.165) is 28.2 Å². The Morgan fingerprint density at radius 1 is 0.960 bits per heavy atom. The Morgan fingerprint density at radius 3 is 2.44 bits per heavy atom. The maximum absolute atomic E-state index is 12.3. The number of benzene rings is 2. The second kappa shape index (κ2) is 7.13. The van der Waals surface area contributed by atoms with Gasteiger partial charge in [-0.05, 0) is 61.4 Å². The molecular formula is C20H20N4O. The lowest BCUT2D eigenvalue weighted by Crippen LogP contribution is -2.15. The molecule has 0 fully saturated rings. The Kier molecular flexibility index (Phi) is 4.75. The number of aryl methyl sites for hydroxylation is 3. The van der Waals surface area contributed by atoms with Crippen LogP contribution in [0.2, 0.25) is 0 Å². The highest BCUT2D eigenvalue weighted by Crippen LogP contribution is 2.25. The Balaban J connectivity index is 1.76. The predicted molar refractivity (Wildman–Crippen MR) is 99.9 cm³/mol. The fraction of sp³-hybridized carbons (Fsp3) is 0.150. The molecule has 0 atom stereocenters. The summed E-state index contributed by atoms with van der Waals surface area (Å²) in [5.41, 5.74) is 4.99. The number of nitrogens with one attached hydrogen (secondary N) is 1. The highest BCUT2D eigenvalue weighted by molar-refractivity contribution is 6.03. The van der Waals surface area contributed by atoms with Crippen LogP contribution in [0.4, 0.5) is 17.1 Å². The minimum absolute atomic E-state index is 0.134. The summed E-state index contributed by atoms with van der Waals surface area (Å²) in [5.74, 6) is -0.134. The van der Waals surface area contributed by atoms with E-state index in [2.05, 4.69) is 15.5 Å². The van der Waals surface area contributed by atoms with Crippen LogP contribution >= 0.6 is 0 Å². The quantitative estimate of drug-likeness (QED) is 0.647. The van der Waals surface area contributed by atoms with Crippen molar-refractivity contribution < 1.29 is 4.79 Å². The summed E-state index contributed by atoms with van der Waals surface area (Å²) in [6.45, 7) is 3.94. The van der Waals surface area contributed by atoms with Crippen LogP contribution in [0, 0.1) is 13.8 Å². The number of azo groups is 1. The molecule has 3 aromatic rings. The van der Waals surface area contributed by atoms with E-state index in [1.807, 2.05) is 75.6 Å². The monoisotopic (exact) mass is 332 g/mol. The molecule has 0 aliphatic rings. The molecule has 1 amide bonds. The fourth-order valence-corrected chi connectivity index (χ4v) is 2.52. The Morgan fingerprint density at radius 2 is 1.76 bits per heavy atom. The molecule has 0 aliphatic carbocycles. The third-order valence-electron chi connectivity index (χ3n) is 4.02. The van der Waals surface area contributed by atoms with Crippen LogP contribution in [-0.4, -0.2) is 10.5 Å². The number of rotatable bonds is 4. The molecule has 1 heterocycles. The first kappa shape index (κ1) is 16.6. The number of hydrogen-bond acceptors (Lipinski definition) is 3. The summed E-state index contributed by atoms with van der Waals surface area (Å²) >= 11 is 0. The number of carbonyl (C=O) groups excluding carboxylic acids is 1. The summed E-state index contributed by atoms with van der Waals surface area (Å²) in [7, 11) is 1.84. The fourth-order valence-electron chi connectivity index (χ4n) is 2.52. The molecule has 1 aromatic heterocycles. The predicted octanol–water partition coefficient (Wildman–Crippen LogP) is 5.31. The van der Waals surface area contributed by atoms with Gasteiger partial charge in [-0.15, -0.1) is 0 Å². The van der Waals surface area contributed by atoms with Crippen molar-refractivity contribution in [1.29, 1.82) is 0 Å². The lowest BCUT2D eigenvalue weighted by molar-refractivity contribution is 0.101. The summed E-state index contributed by atoms with van der Waals surface area (Å²) in [6.07, 6.45) is 1.84. The van der Waals surface area contributed by atoms with Gasteiger partial charge in [-0.2, -0.15) is 10.2 Å². The zero-order chi connectivity index (χ0) is 17.8. The first-order valence-corrected chi connectivity index (χ1v) is 8.05. The molecule has 2 aromatic carbocycles. The van der Waals surface area contributed by atoms with Crippen molar-refractivity contribution in [2.75, 3.05) is 5.32 Å². The van der Waals surface area contributed by atoms with Crippen LogP contribution in [0.25, 0.3) is 0 Å². The van der Waals surface area contributed by atoms with Crippen molar-refractivity contribution in [2.45, 2.75) is 13.8 Å². The van der Waals surface area contributed by atoms with Gasteiger partial charge in [0.15, 0.2) is 0 Å². The van der Waals surface area contributed by atoms with E-state index in [-0.39, 0.29) is 5.91 Å². The Hall–Kier alpha value is -3.21. The van der Waals surface area contributed by atoms with Crippen molar-refractivity contribution in [1.82, 2.24) is 4.57 Å². The SMILES string of the molecule is Cc1ccccc1/N=N/c1ccc(NC(=O)c2cccn2C)c(C)c1. The molecule has 126 valence electrons. The number of hydrogen-bond donors (Lipinski definition) is 1. The van der Waals surface area contributed by atoms with Crippen LogP contribution in [-0.2, 0) is 7.05 Å². The number of aromatic nitrogens is 1. The molecule has 1 N–H and O–H groups in total. The van der Waals surface area contributed by atoms with E-state index < -0.39 is 0 Å². The van der Waals surface area contributed by atoms with E-state index in [9.17, 15) is 4.79 Å². The maximum Gasteiger partial charge on any atom is 0.272 e. The minimum Gasteiger partial charge on any atom is -0.347 e. The standard InChI is InChI=1S/C20H20N4O/c1-14-7-4-5-8-18(14)23-22-16-10-11-17(15(2)13-16)21-20(25)19-9-6-12-24(19)3/h4-13H,1-3H3,(H,21,25)/b23-22+. The molecule has 0 spiro atoms. The third-order valence-corrected chi connectivity index (χ3v) is 4.02. The molecule has 25 heavy (non-hydrogen) atoms.